The van der Waals surface area contributed by atoms with Crippen molar-refractivity contribution in [3.8, 4) is 0 Å². The summed E-state index contributed by atoms with van der Waals surface area (Å²) in [4.78, 5) is 0. The SMILES string of the molecule is CC1(C)OB(c2ccccc2P(C2CCCCC2)C2CCCCC2)OC1(C)C.[B]. The first-order valence-corrected chi connectivity index (χ1v) is 13.1. The molecule has 2 aliphatic carbocycles. The van der Waals surface area contributed by atoms with Crippen LogP contribution in [0.2, 0.25) is 0 Å². The minimum Gasteiger partial charge on any atom is -0.399 e. The molecule has 0 atom stereocenters. The van der Waals surface area contributed by atoms with Gasteiger partial charge >= 0.3 is 7.12 Å². The lowest BCUT2D eigenvalue weighted by atomic mass is 9.79. The number of benzene rings is 1. The van der Waals surface area contributed by atoms with Crippen molar-refractivity contribution in [2.24, 2.45) is 0 Å². The fraction of sp³-hybridized carbons (Fsp3) is 0.750. The highest BCUT2D eigenvalue weighted by molar-refractivity contribution is 7.67. The molecule has 0 N–H and O–H groups in total. The van der Waals surface area contributed by atoms with Crippen molar-refractivity contribution < 1.29 is 9.31 Å². The number of rotatable bonds is 4. The van der Waals surface area contributed by atoms with Crippen LogP contribution in [0, 0.1) is 0 Å². The summed E-state index contributed by atoms with van der Waals surface area (Å²) < 4.78 is 13.0. The molecule has 2 nitrogen and oxygen atoms in total. The maximum atomic E-state index is 6.50. The third-order valence-corrected chi connectivity index (χ3v) is 11.2. The average molecular weight is 411 g/mol. The Balaban J connectivity index is 0.00000240. The highest BCUT2D eigenvalue weighted by Gasteiger charge is 2.52. The van der Waals surface area contributed by atoms with Gasteiger partial charge in [-0.1, -0.05) is 70.7 Å². The summed E-state index contributed by atoms with van der Waals surface area (Å²) in [6.45, 7) is 8.67. The summed E-state index contributed by atoms with van der Waals surface area (Å²) in [7, 11) is -0.374. The van der Waals surface area contributed by atoms with E-state index in [2.05, 4.69) is 52.0 Å². The third-order valence-electron chi connectivity index (χ3n) is 7.66. The van der Waals surface area contributed by atoms with E-state index in [-0.39, 0.29) is 34.7 Å². The first-order valence-electron chi connectivity index (χ1n) is 11.6. The van der Waals surface area contributed by atoms with Crippen LogP contribution in [0.15, 0.2) is 24.3 Å². The Morgan fingerprint density at radius 2 is 1.21 bits per heavy atom. The van der Waals surface area contributed by atoms with E-state index in [0.717, 1.165) is 11.3 Å². The molecule has 1 aliphatic heterocycles. The van der Waals surface area contributed by atoms with Crippen LogP contribution >= 0.6 is 7.92 Å². The first-order chi connectivity index (χ1) is 13.4. The topological polar surface area (TPSA) is 18.5 Å². The second-order valence-corrected chi connectivity index (χ2v) is 12.9. The Morgan fingerprint density at radius 3 is 1.69 bits per heavy atom. The average Bonchev–Trinajstić information content (AvgIpc) is 2.91. The summed E-state index contributed by atoms with van der Waals surface area (Å²) in [5.41, 5.74) is 2.57. The van der Waals surface area contributed by atoms with Crippen molar-refractivity contribution in [1.29, 1.82) is 0 Å². The van der Waals surface area contributed by atoms with Gasteiger partial charge in [0.15, 0.2) is 0 Å². The van der Waals surface area contributed by atoms with Crippen LogP contribution in [0.3, 0.4) is 0 Å². The van der Waals surface area contributed by atoms with Gasteiger partial charge in [-0.05, 0) is 75.5 Å². The van der Waals surface area contributed by atoms with Crippen LogP contribution in [0.25, 0.3) is 0 Å². The van der Waals surface area contributed by atoms with Gasteiger partial charge in [-0.25, -0.2) is 0 Å². The Bertz CT molecular complexity index is 633. The highest BCUT2D eigenvalue weighted by Crippen LogP contribution is 2.54. The Morgan fingerprint density at radius 1 is 0.759 bits per heavy atom. The van der Waals surface area contributed by atoms with E-state index < -0.39 is 0 Å². The fourth-order valence-corrected chi connectivity index (χ4v) is 9.26. The van der Waals surface area contributed by atoms with E-state index in [9.17, 15) is 0 Å². The molecule has 1 aromatic rings. The monoisotopic (exact) mass is 411 g/mol. The lowest BCUT2D eigenvalue weighted by molar-refractivity contribution is 0.00578. The van der Waals surface area contributed by atoms with Crippen LogP contribution in [-0.4, -0.2) is 38.1 Å². The van der Waals surface area contributed by atoms with Crippen molar-refractivity contribution in [2.45, 2.75) is 114 Å². The highest BCUT2D eigenvalue weighted by atomic mass is 31.1. The van der Waals surface area contributed by atoms with Crippen LogP contribution < -0.4 is 10.8 Å². The molecule has 3 fully saturated rings. The zero-order valence-electron chi connectivity index (χ0n) is 19.0. The summed E-state index contributed by atoms with van der Waals surface area (Å²) >= 11 is 0. The van der Waals surface area contributed by atoms with Gasteiger partial charge in [0, 0.05) is 8.41 Å². The van der Waals surface area contributed by atoms with Gasteiger partial charge in [-0.2, -0.15) is 0 Å². The van der Waals surface area contributed by atoms with Crippen LogP contribution in [0.1, 0.15) is 91.9 Å². The van der Waals surface area contributed by atoms with Crippen molar-refractivity contribution >= 4 is 34.2 Å². The molecule has 3 aliphatic rings. The largest absolute Gasteiger partial charge is 0.495 e. The molecule has 3 radical (unpaired) electrons. The van der Waals surface area contributed by atoms with E-state index in [1.165, 1.54) is 69.7 Å². The smallest absolute Gasteiger partial charge is 0.399 e. The second-order valence-electron chi connectivity index (χ2n) is 10.1. The zero-order valence-corrected chi connectivity index (χ0v) is 19.8. The Kier molecular flexibility index (Phi) is 7.62. The van der Waals surface area contributed by atoms with Crippen molar-refractivity contribution in [1.82, 2.24) is 0 Å². The summed E-state index contributed by atoms with van der Waals surface area (Å²) in [5.74, 6) is 0. The molecule has 1 saturated heterocycles. The van der Waals surface area contributed by atoms with Gasteiger partial charge in [0.2, 0.25) is 0 Å². The minimum atomic E-state index is -0.275. The van der Waals surface area contributed by atoms with E-state index in [1.54, 1.807) is 5.30 Å². The van der Waals surface area contributed by atoms with Gasteiger partial charge in [0.25, 0.3) is 0 Å². The standard InChI is InChI=1S/C24H38BO2P.B/c1-23(2)24(3,4)27-25(26-23)21-17-11-12-18-22(21)28(19-13-7-5-8-14-19)20-15-9-6-10-16-20;/h11-12,17-20H,5-10,13-16H2,1-4H3;. The summed E-state index contributed by atoms with van der Waals surface area (Å²) in [5, 5.41) is 1.59. The lowest BCUT2D eigenvalue weighted by Crippen LogP contribution is -2.44. The summed E-state index contributed by atoms with van der Waals surface area (Å²) in [6.07, 6.45) is 14.3. The van der Waals surface area contributed by atoms with Crippen molar-refractivity contribution in [2.75, 3.05) is 0 Å². The molecule has 2 saturated carbocycles. The Hall–Kier alpha value is -0.300. The Labute approximate surface area is 182 Å². The van der Waals surface area contributed by atoms with Gasteiger partial charge in [0.1, 0.15) is 0 Å². The van der Waals surface area contributed by atoms with E-state index >= 15 is 0 Å². The van der Waals surface area contributed by atoms with E-state index in [0.29, 0.717) is 0 Å². The van der Waals surface area contributed by atoms with Crippen molar-refractivity contribution in [3.05, 3.63) is 24.3 Å². The molecule has 0 amide bonds. The van der Waals surface area contributed by atoms with Gasteiger partial charge in [-0.3, -0.25) is 0 Å². The molecular formula is C24H38B2O2P. The molecule has 1 aromatic carbocycles. The summed E-state index contributed by atoms with van der Waals surface area (Å²) in [6, 6.07) is 9.15. The van der Waals surface area contributed by atoms with Gasteiger partial charge < -0.3 is 9.31 Å². The molecule has 0 aromatic heterocycles. The van der Waals surface area contributed by atoms with E-state index in [1.807, 2.05) is 0 Å². The molecular weight excluding hydrogens is 373 g/mol. The molecule has 29 heavy (non-hydrogen) atoms. The third kappa shape index (κ3) is 4.81. The maximum Gasteiger partial charge on any atom is 0.495 e. The first kappa shape index (κ1) is 23.4. The quantitative estimate of drug-likeness (QED) is 0.490. The number of hydrogen-bond acceptors (Lipinski definition) is 2. The second kappa shape index (κ2) is 9.46. The predicted octanol–water partition coefficient (Wildman–Crippen LogP) is 5.38. The fourth-order valence-electron chi connectivity index (χ4n) is 5.30. The normalized spacial score (nSPS) is 25.2. The van der Waals surface area contributed by atoms with Crippen LogP contribution in [0.4, 0.5) is 0 Å². The van der Waals surface area contributed by atoms with Crippen molar-refractivity contribution in [3.63, 3.8) is 0 Å². The minimum absolute atomic E-state index is 0. The molecule has 5 heteroatoms. The van der Waals surface area contributed by atoms with Crippen LogP contribution in [-0.2, 0) is 9.31 Å². The van der Waals surface area contributed by atoms with Gasteiger partial charge in [0.05, 0.1) is 11.2 Å². The zero-order chi connectivity index (χ0) is 19.8. The molecule has 4 rings (SSSR count). The lowest BCUT2D eigenvalue weighted by Gasteiger charge is -2.39. The molecule has 0 bridgehead atoms. The molecule has 1 heterocycles. The number of hydrogen-bond donors (Lipinski definition) is 0. The molecule has 0 unspecified atom stereocenters. The van der Waals surface area contributed by atoms with Crippen LogP contribution in [0.5, 0.6) is 0 Å². The predicted molar refractivity (Wildman–Crippen MR) is 128 cm³/mol. The molecule has 157 valence electrons. The maximum absolute atomic E-state index is 6.50. The molecule has 0 spiro atoms. The van der Waals surface area contributed by atoms with Gasteiger partial charge in [-0.15, -0.1) is 0 Å². The van der Waals surface area contributed by atoms with E-state index in [4.69, 9.17) is 9.31 Å².